The first-order chi connectivity index (χ1) is 9.50. The van der Waals surface area contributed by atoms with Crippen molar-refractivity contribution >= 4 is 17.7 Å². The van der Waals surface area contributed by atoms with E-state index in [1.54, 1.807) is 24.3 Å². The van der Waals surface area contributed by atoms with E-state index in [1.165, 1.54) is 6.92 Å². The molecule has 0 aliphatic carbocycles. The molecule has 20 heavy (non-hydrogen) atoms. The van der Waals surface area contributed by atoms with Gasteiger partial charge in [-0.1, -0.05) is 18.6 Å². The molecule has 0 fully saturated rings. The summed E-state index contributed by atoms with van der Waals surface area (Å²) in [6, 6.07) is 6.58. The number of aliphatic carboxylic acids is 1. The van der Waals surface area contributed by atoms with Gasteiger partial charge in [-0.15, -0.1) is 0 Å². The van der Waals surface area contributed by atoms with Crippen LogP contribution in [0.15, 0.2) is 24.3 Å². The Balaban J connectivity index is 2.34. The van der Waals surface area contributed by atoms with E-state index in [2.05, 4.69) is 5.32 Å². The number of ketones is 1. The standard InChI is InChI=1S/C15H19NO4/c1-11(17)12-6-5-7-13(10-12)15(20)16-9-4-2-3-8-14(18)19/h5-7,10H,2-4,8-9H2,1H3,(H,16,20)(H,18,19). The zero-order valence-electron chi connectivity index (χ0n) is 11.5. The summed E-state index contributed by atoms with van der Waals surface area (Å²) in [6.45, 7) is 1.96. The van der Waals surface area contributed by atoms with Gasteiger partial charge in [0.15, 0.2) is 5.78 Å². The normalized spacial score (nSPS) is 10.1. The third-order valence-corrected chi connectivity index (χ3v) is 2.88. The smallest absolute Gasteiger partial charge is 0.303 e. The average Bonchev–Trinajstić information content (AvgIpc) is 2.42. The lowest BCUT2D eigenvalue weighted by atomic mass is 10.1. The molecule has 0 atom stereocenters. The Morgan fingerprint density at radius 2 is 1.80 bits per heavy atom. The number of amides is 1. The first-order valence-electron chi connectivity index (χ1n) is 6.61. The van der Waals surface area contributed by atoms with Crippen LogP contribution in [0.4, 0.5) is 0 Å². The van der Waals surface area contributed by atoms with Gasteiger partial charge >= 0.3 is 5.97 Å². The van der Waals surface area contributed by atoms with Crippen molar-refractivity contribution in [1.29, 1.82) is 0 Å². The Kier molecular flexibility index (Phi) is 6.43. The second-order valence-corrected chi connectivity index (χ2v) is 4.60. The number of rotatable bonds is 8. The van der Waals surface area contributed by atoms with Crippen LogP contribution in [0.1, 0.15) is 53.3 Å². The fourth-order valence-corrected chi connectivity index (χ4v) is 1.76. The summed E-state index contributed by atoms with van der Waals surface area (Å²) in [6.07, 6.45) is 2.28. The van der Waals surface area contributed by atoms with Gasteiger partial charge in [0.1, 0.15) is 0 Å². The van der Waals surface area contributed by atoms with Crippen molar-refractivity contribution in [2.75, 3.05) is 6.54 Å². The first kappa shape index (κ1) is 15.9. The second kappa shape index (κ2) is 8.09. The summed E-state index contributed by atoms with van der Waals surface area (Å²) >= 11 is 0. The van der Waals surface area contributed by atoms with Crippen molar-refractivity contribution in [2.45, 2.75) is 32.6 Å². The third kappa shape index (κ3) is 5.65. The van der Waals surface area contributed by atoms with Crippen LogP contribution in [0.2, 0.25) is 0 Å². The van der Waals surface area contributed by atoms with Gasteiger partial charge in [-0.05, 0) is 31.9 Å². The van der Waals surface area contributed by atoms with Crippen LogP contribution in [0.3, 0.4) is 0 Å². The molecule has 5 heteroatoms. The Bertz CT molecular complexity index is 496. The highest BCUT2D eigenvalue weighted by molar-refractivity contribution is 5.99. The topological polar surface area (TPSA) is 83.5 Å². The number of carboxylic acid groups (broad SMARTS) is 1. The predicted molar refractivity (Wildman–Crippen MR) is 74.9 cm³/mol. The Hall–Kier alpha value is -2.17. The molecule has 1 aromatic rings. The average molecular weight is 277 g/mol. The molecule has 108 valence electrons. The van der Waals surface area contributed by atoms with Crippen molar-refractivity contribution in [1.82, 2.24) is 5.32 Å². The van der Waals surface area contributed by atoms with Crippen molar-refractivity contribution < 1.29 is 19.5 Å². The van der Waals surface area contributed by atoms with E-state index < -0.39 is 5.97 Å². The van der Waals surface area contributed by atoms with E-state index in [0.717, 1.165) is 12.8 Å². The molecular weight excluding hydrogens is 258 g/mol. The van der Waals surface area contributed by atoms with E-state index in [0.29, 0.717) is 24.1 Å². The first-order valence-corrected chi connectivity index (χ1v) is 6.61. The zero-order chi connectivity index (χ0) is 15.0. The van der Waals surface area contributed by atoms with E-state index in [9.17, 15) is 14.4 Å². The molecule has 0 aliphatic rings. The number of nitrogens with one attached hydrogen (secondary N) is 1. The van der Waals surface area contributed by atoms with E-state index >= 15 is 0 Å². The summed E-state index contributed by atoms with van der Waals surface area (Å²) in [4.78, 5) is 33.4. The maximum absolute atomic E-state index is 11.8. The molecule has 0 unspecified atom stereocenters. The Labute approximate surface area is 118 Å². The molecule has 0 saturated carbocycles. The number of carbonyl (C=O) groups is 3. The molecule has 1 amide bonds. The highest BCUT2D eigenvalue weighted by Gasteiger charge is 2.07. The van der Waals surface area contributed by atoms with Crippen LogP contribution in [-0.2, 0) is 4.79 Å². The molecule has 0 bridgehead atoms. The monoisotopic (exact) mass is 277 g/mol. The second-order valence-electron chi connectivity index (χ2n) is 4.60. The lowest BCUT2D eigenvalue weighted by Crippen LogP contribution is -2.24. The number of hydrogen-bond acceptors (Lipinski definition) is 3. The highest BCUT2D eigenvalue weighted by atomic mass is 16.4. The fourth-order valence-electron chi connectivity index (χ4n) is 1.76. The van der Waals surface area contributed by atoms with Gasteiger partial charge in [-0.25, -0.2) is 0 Å². The van der Waals surface area contributed by atoms with Gasteiger partial charge in [0.25, 0.3) is 5.91 Å². The van der Waals surface area contributed by atoms with Gasteiger partial charge in [0, 0.05) is 24.1 Å². The molecule has 2 N–H and O–H groups in total. The number of carboxylic acids is 1. The maximum Gasteiger partial charge on any atom is 0.303 e. The molecule has 0 aromatic heterocycles. The summed E-state index contributed by atoms with van der Waals surface area (Å²) in [7, 11) is 0. The molecule has 0 spiro atoms. The zero-order valence-corrected chi connectivity index (χ0v) is 11.5. The molecular formula is C15H19NO4. The van der Waals surface area contributed by atoms with Gasteiger partial charge < -0.3 is 10.4 Å². The van der Waals surface area contributed by atoms with Crippen LogP contribution in [0, 0.1) is 0 Å². The quantitative estimate of drug-likeness (QED) is 0.564. The fraction of sp³-hybridized carbons (Fsp3) is 0.400. The summed E-state index contributed by atoms with van der Waals surface area (Å²) in [5, 5.41) is 11.2. The predicted octanol–water partition coefficient (Wildman–Crippen LogP) is 2.26. The van der Waals surface area contributed by atoms with Crippen molar-refractivity contribution in [3.8, 4) is 0 Å². The SMILES string of the molecule is CC(=O)c1cccc(C(=O)NCCCCCC(=O)O)c1. The molecule has 1 aromatic carbocycles. The molecule has 0 heterocycles. The van der Waals surface area contributed by atoms with Crippen LogP contribution < -0.4 is 5.32 Å². The van der Waals surface area contributed by atoms with Crippen LogP contribution in [-0.4, -0.2) is 29.3 Å². The maximum atomic E-state index is 11.8. The lowest BCUT2D eigenvalue weighted by molar-refractivity contribution is -0.137. The van der Waals surface area contributed by atoms with Crippen LogP contribution >= 0.6 is 0 Å². The van der Waals surface area contributed by atoms with E-state index in [1.807, 2.05) is 0 Å². The lowest BCUT2D eigenvalue weighted by Gasteiger charge is -2.06. The number of unbranched alkanes of at least 4 members (excludes halogenated alkanes) is 2. The molecule has 0 radical (unpaired) electrons. The number of carbonyl (C=O) groups excluding carboxylic acids is 2. The molecule has 0 aliphatic heterocycles. The van der Waals surface area contributed by atoms with Gasteiger partial charge in [-0.2, -0.15) is 0 Å². The minimum Gasteiger partial charge on any atom is -0.481 e. The van der Waals surface area contributed by atoms with Crippen LogP contribution in [0.5, 0.6) is 0 Å². The van der Waals surface area contributed by atoms with Gasteiger partial charge in [0.05, 0.1) is 0 Å². The van der Waals surface area contributed by atoms with Crippen LogP contribution in [0.25, 0.3) is 0 Å². The van der Waals surface area contributed by atoms with E-state index in [4.69, 9.17) is 5.11 Å². The molecule has 1 rings (SSSR count). The summed E-state index contributed by atoms with van der Waals surface area (Å²) in [5.74, 6) is -1.09. The molecule has 5 nitrogen and oxygen atoms in total. The van der Waals surface area contributed by atoms with Gasteiger partial charge in [-0.3, -0.25) is 14.4 Å². The largest absolute Gasteiger partial charge is 0.481 e. The van der Waals surface area contributed by atoms with Crippen molar-refractivity contribution in [2.24, 2.45) is 0 Å². The number of hydrogen-bond donors (Lipinski definition) is 2. The van der Waals surface area contributed by atoms with Crippen molar-refractivity contribution in [3.05, 3.63) is 35.4 Å². The number of Topliss-reactive ketones (excluding diaryl/α,β-unsaturated/α-hetero) is 1. The number of benzene rings is 1. The highest BCUT2D eigenvalue weighted by Crippen LogP contribution is 2.06. The van der Waals surface area contributed by atoms with E-state index in [-0.39, 0.29) is 18.1 Å². The van der Waals surface area contributed by atoms with Crippen molar-refractivity contribution in [3.63, 3.8) is 0 Å². The molecule has 0 saturated heterocycles. The Morgan fingerprint density at radius 1 is 1.10 bits per heavy atom. The Morgan fingerprint density at radius 3 is 2.45 bits per heavy atom. The minimum absolute atomic E-state index is 0.0756. The minimum atomic E-state index is -0.796. The van der Waals surface area contributed by atoms with Gasteiger partial charge in [0.2, 0.25) is 0 Å². The summed E-state index contributed by atoms with van der Waals surface area (Å²) < 4.78 is 0. The summed E-state index contributed by atoms with van der Waals surface area (Å²) in [5.41, 5.74) is 0.974. The third-order valence-electron chi connectivity index (χ3n) is 2.88.